The van der Waals surface area contributed by atoms with Crippen LogP contribution in [0.5, 0.6) is 0 Å². The summed E-state index contributed by atoms with van der Waals surface area (Å²) >= 11 is 7.13. The van der Waals surface area contributed by atoms with Gasteiger partial charge in [0.05, 0.1) is 6.61 Å². The van der Waals surface area contributed by atoms with E-state index >= 15 is 0 Å². The lowest BCUT2D eigenvalue weighted by Gasteiger charge is -2.30. The number of amides is 1. The van der Waals surface area contributed by atoms with Crippen molar-refractivity contribution in [3.8, 4) is 0 Å². The minimum absolute atomic E-state index is 0.477. The van der Waals surface area contributed by atoms with E-state index in [-0.39, 0.29) is 0 Å². The minimum Gasteiger partial charge on any atom is -0.327 e. The zero-order valence-corrected chi connectivity index (χ0v) is 12.3. The summed E-state index contributed by atoms with van der Waals surface area (Å²) < 4.78 is 7.12. The molecule has 0 fully saturated rings. The first kappa shape index (κ1) is 15.4. The summed E-state index contributed by atoms with van der Waals surface area (Å²) in [5.74, 6) is 0. The average Bonchev–Trinajstić information content (AvgIpc) is 2.25. The minimum atomic E-state index is -2.18. The first-order chi connectivity index (χ1) is 7.03. The second-order valence-corrected chi connectivity index (χ2v) is 10.1. The van der Waals surface area contributed by atoms with E-state index in [0.717, 1.165) is 19.3 Å². The largest absolute Gasteiger partial charge is 0.327 e. The molecule has 0 saturated heterocycles. The molecule has 0 spiro atoms. The topological polar surface area (TPSA) is 29.5 Å². The van der Waals surface area contributed by atoms with Crippen molar-refractivity contribution < 1.29 is 9.32 Å². The van der Waals surface area contributed by atoms with Gasteiger partial charge in [-0.3, -0.25) is 9.46 Å². The molecule has 0 aliphatic heterocycles. The van der Waals surface area contributed by atoms with E-state index in [1.165, 1.54) is 4.67 Å². The highest BCUT2D eigenvalue weighted by molar-refractivity contribution is 8.69. The van der Waals surface area contributed by atoms with Crippen molar-refractivity contribution in [3.63, 3.8) is 0 Å². The van der Waals surface area contributed by atoms with Crippen molar-refractivity contribution in [1.29, 1.82) is 0 Å². The number of hydrogen-bond acceptors (Lipinski definition) is 4. The normalized spacial score (nSPS) is 15.0. The number of carbonyl (C=O) groups excluding carboxylic acids is 1. The molecular weight excluding hydrogens is 249 g/mol. The van der Waals surface area contributed by atoms with Crippen LogP contribution < -0.4 is 0 Å². The Labute approximate surface area is 102 Å². The lowest BCUT2D eigenvalue weighted by atomic mass is 10.3. The fourth-order valence-corrected chi connectivity index (χ4v) is 7.16. The van der Waals surface area contributed by atoms with Gasteiger partial charge >= 0.3 is 0 Å². The van der Waals surface area contributed by atoms with Crippen LogP contribution in [0, 0.1) is 0 Å². The Morgan fingerprint density at radius 2 is 2.00 bits per heavy atom. The van der Waals surface area contributed by atoms with E-state index in [2.05, 4.69) is 13.8 Å². The molecule has 1 unspecified atom stereocenters. The molecule has 0 saturated carbocycles. The van der Waals surface area contributed by atoms with Crippen LogP contribution in [0.2, 0.25) is 0 Å². The smallest absolute Gasteiger partial charge is 0.215 e. The van der Waals surface area contributed by atoms with Crippen LogP contribution in [-0.2, 0) is 21.1 Å². The summed E-state index contributed by atoms with van der Waals surface area (Å²) in [5, 5.41) is 0.477. The van der Waals surface area contributed by atoms with Crippen LogP contribution in [0.15, 0.2) is 0 Å². The monoisotopic (exact) mass is 269 g/mol. The van der Waals surface area contributed by atoms with E-state index in [9.17, 15) is 4.79 Å². The maximum atomic E-state index is 10.8. The van der Waals surface area contributed by atoms with Gasteiger partial charge in [0.15, 0.2) is 0 Å². The van der Waals surface area contributed by atoms with Gasteiger partial charge in [-0.15, -0.1) is 0 Å². The van der Waals surface area contributed by atoms with Gasteiger partial charge in [0.1, 0.15) is 0 Å². The number of nitrogens with zero attached hydrogens (tertiary/aromatic N) is 1. The van der Waals surface area contributed by atoms with Crippen molar-refractivity contribution in [1.82, 2.24) is 4.67 Å². The molecule has 15 heavy (non-hydrogen) atoms. The molecule has 0 aromatic carbocycles. The van der Waals surface area contributed by atoms with E-state index in [4.69, 9.17) is 16.3 Å². The highest BCUT2D eigenvalue weighted by Crippen LogP contribution is 2.63. The highest BCUT2D eigenvalue weighted by atomic mass is 32.9. The number of hydrogen-bond donors (Lipinski definition) is 0. The Kier molecular flexibility index (Phi) is 7.88. The molecule has 0 rings (SSSR count). The molecule has 1 amide bonds. The molecule has 0 aromatic rings. The third-order valence-electron chi connectivity index (χ3n) is 2.02. The molecule has 90 valence electrons. The standard InChI is InChI=1S/C9H20NO2PS2/c1-5-9(6-2)15-13(14,12-7-3)10(4)8-11/h8-9H,5-7H2,1-4H3. The summed E-state index contributed by atoms with van der Waals surface area (Å²) in [4.78, 5) is 10.8. The molecule has 1 atom stereocenters. The molecule has 0 N–H and O–H groups in total. The van der Waals surface area contributed by atoms with Crippen molar-refractivity contribution >= 4 is 35.2 Å². The molecule has 0 heterocycles. The SMILES string of the molecule is CCOP(=S)(SC(CC)CC)N(C)C=O. The Morgan fingerprint density at radius 3 is 2.33 bits per heavy atom. The highest BCUT2D eigenvalue weighted by Gasteiger charge is 2.26. The molecule has 0 bridgehead atoms. The summed E-state index contributed by atoms with van der Waals surface area (Å²) in [7, 11) is 1.71. The predicted octanol–water partition coefficient (Wildman–Crippen LogP) is 3.26. The Hall–Kier alpha value is 0.430. The van der Waals surface area contributed by atoms with Crippen LogP contribution in [0.25, 0.3) is 0 Å². The molecular formula is C9H20NO2PS2. The van der Waals surface area contributed by atoms with Crippen LogP contribution in [0.4, 0.5) is 0 Å². The van der Waals surface area contributed by atoms with Gasteiger partial charge in [-0.1, -0.05) is 25.2 Å². The molecule has 0 aromatic heterocycles. The number of rotatable bonds is 8. The van der Waals surface area contributed by atoms with Crippen LogP contribution in [0.3, 0.4) is 0 Å². The Bertz CT molecular complexity index is 234. The van der Waals surface area contributed by atoms with Crippen molar-refractivity contribution in [3.05, 3.63) is 0 Å². The maximum absolute atomic E-state index is 10.8. The molecule has 3 nitrogen and oxygen atoms in total. The van der Waals surface area contributed by atoms with Crippen molar-refractivity contribution in [2.45, 2.75) is 38.9 Å². The van der Waals surface area contributed by atoms with Crippen LogP contribution in [0.1, 0.15) is 33.6 Å². The van der Waals surface area contributed by atoms with E-state index in [1.807, 2.05) is 6.92 Å². The van der Waals surface area contributed by atoms with Gasteiger partial charge in [0, 0.05) is 12.3 Å². The van der Waals surface area contributed by atoms with Gasteiger partial charge in [-0.25, -0.2) is 0 Å². The molecule has 6 heteroatoms. The zero-order chi connectivity index (χ0) is 11.9. The maximum Gasteiger partial charge on any atom is 0.215 e. The fourth-order valence-electron chi connectivity index (χ4n) is 1.04. The molecule has 0 aliphatic rings. The zero-order valence-electron chi connectivity index (χ0n) is 9.80. The third-order valence-corrected chi connectivity index (χ3v) is 9.35. The van der Waals surface area contributed by atoms with Crippen molar-refractivity contribution in [2.75, 3.05) is 13.7 Å². The molecule has 0 aliphatic carbocycles. The number of carbonyl (C=O) groups is 1. The van der Waals surface area contributed by atoms with Gasteiger partial charge < -0.3 is 4.52 Å². The summed E-state index contributed by atoms with van der Waals surface area (Å²) in [6.07, 6.45) is 2.88. The second kappa shape index (κ2) is 7.66. The summed E-state index contributed by atoms with van der Waals surface area (Å²) in [5.41, 5.74) is -2.18. The summed E-state index contributed by atoms with van der Waals surface area (Å²) in [6.45, 7) is 6.73. The first-order valence-corrected chi connectivity index (χ1v) is 9.31. The van der Waals surface area contributed by atoms with Gasteiger partial charge in [-0.05, 0) is 31.6 Å². The summed E-state index contributed by atoms with van der Waals surface area (Å²) in [6, 6.07) is 0. The fraction of sp³-hybridized carbons (Fsp3) is 0.889. The van der Waals surface area contributed by atoms with E-state index in [1.54, 1.807) is 18.4 Å². The average molecular weight is 269 g/mol. The molecule has 0 radical (unpaired) electrons. The lowest BCUT2D eigenvalue weighted by Crippen LogP contribution is -2.14. The second-order valence-electron chi connectivity index (χ2n) is 3.11. The van der Waals surface area contributed by atoms with Crippen LogP contribution >= 0.6 is 17.0 Å². The van der Waals surface area contributed by atoms with Gasteiger partial charge in [0.2, 0.25) is 12.0 Å². The van der Waals surface area contributed by atoms with E-state index < -0.39 is 5.62 Å². The van der Waals surface area contributed by atoms with Crippen molar-refractivity contribution in [2.24, 2.45) is 0 Å². The Morgan fingerprint density at radius 1 is 1.47 bits per heavy atom. The lowest BCUT2D eigenvalue weighted by molar-refractivity contribution is -0.113. The third kappa shape index (κ3) is 4.85. The Balaban J connectivity index is 4.63. The van der Waals surface area contributed by atoms with Gasteiger partial charge in [-0.2, -0.15) is 0 Å². The van der Waals surface area contributed by atoms with Gasteiger partial charge in [0.25, 0.3) is 0 Å². The van der Waals surface area contributed by atoms with E-state index in [0.29, 0.717) is 11.9 Å². The quantitative estimate of drug-likeness (QED) is 0.500. The van der Waals surface area contributed by atoms with Crippen LogP contribution in [-0.4, -0.2) is 30.0 Å². The first-order valence-electron chi connectivity index (χ1n) is 5.15. The predicted molar refractivity (Wildman–Crippen MR) is 71.7 cm³/mol.